The first-order valence-corrected chi connectivity index (χ1v) is 8.98. The van der Waals surface area contributed by atoms with Crippen LogP contribution >= 0.6 is 0 Å². The molecule has 0 heterocycles. The fourth-order valence-corrected chi connectivity index (χ4v) is 2.38. The summed E-state index contributed by atoms with van der Waals surface area (Å²) < 4.78 is 16.0. The zero-order chi connectivity index (χ0) is 12.4. The van der Waals surface area contributed by atoms with Crippen LogP contribution in [0.15, 0.2) is 0 Å². The molecule has 0 aromatic rings. The predicted octanol–water partition coefficient (Wildman–Crippen LogP) is 1.64. The van der Waals surface area contributed by atoms with Gasteiger partial charge < -0.3 is 19.0 Å². The van der Waals surface area contributed by atoms with Crippen molar-refractivity contribution in [3.8, 4) is 0 Å². The van der Waals surface area contributed by atoms with Gasteiger partial charge in [-0.25, -0.2) is 0 Å². The Morgan fingerprint density at radius 2 is 1.75 bits per heavy atom. The van der Waals surface area contributed by atoms with Crippen LogP contribution in [0.25, 0.3) is 0 Å². The highest BCUT2D eigenvalue weighted by molar-refractivity contribution is 6.71. The van der Waals surface area contributed by atoms with Crippen molar-refractivity contribution in [2.75, 3.05) is 33.5 Å². The maximum Gasteiger partial charge on any atom is 0.186 e. The van der Waals surface area contributed by atoms with Crippen LogP contribution in [0.4, 0.5) is 0 Å². The van der Waals surface area contributed by atoms with Crippen LogP contribution in [0, 0.1) is 0 Å². The molecular formula is C11H26O4Si. The quantitative estimate of drug-likeness (QED) is 0.473. The Morgan fingerprint density at radius 3 is 2.31 bits per heavy atom. The second kappa shape index (κ2) is 9.12. The van der Waals surface area contributed by atoms with E-state index in [2.05, 4.69) is 13.1 Å². The fourth-order valence-electron chi connectivity index (χ4n) is 1.18. The minimum atomic E-state index is -1.41. The lowest BCUT2D eigenvalue weighted by molar-refractivity contribution is 0.00959. The third kappa shape index (κ3) is 10.6. The number of hydrogen-bond acceptors (Lipinski definition) is 4. The second-order valence-corrected chi connectivity index (χ2v) is 9.03. The van der Waals surface area contributed by atoms with E-state index in [1.54, 1.807) is 14.0 Å². The van der Waals surface area contributed by atoms with Crippen LogP contribution in [0.3, 0.4) is 0 Å². The second-order valence-electron chi connectivity index (χ2n) is 4.60. The van der Waals surface area contributed by atoms with Crippen molar-refractivity contribution in [1.82, 2.24) is 0 Å². The normalized spacial score (nSPS) is 14.1. The summed E-state index contributed by atoms with van der Waals surface area (Å²) in [4.78, 5) is 0. The number of aliphatic hydroxyl groups is 1. The minimum Gasteiger partial charge on any atom is -0.420 e. The van der Waals surface area contributed by atoms with Crippen LogP contribution in [-0.4, -0.2) is 53.1 Å². The molecule has 1 unspecified atom stereocenters. The molecule has 16 heavy (non-hydrogen) atoms. The van der Waals surface area contributed by atoms with Crippen LogP contribution < -0.4 is 0 Å². The third-order valence-electron chi connectivity index (χ3n) is 2.35. The van der Waals surface area contributed by atoms with Crippen molar-refractivity contribution in [3.63, 3.8) is 0 Å². The number of rotatable bonds is 10. The summed E-state index contributed by atoms with van der Waals surface area (Å²) in [5.74, 6) is 0. The van der Waals surface area contributed by atoms with Gasteiger partial charge in [-0.3, -0.25) is 0 Å². The van der Waals surface area contributed by atoms with Crippen molar-refractivity contribution >= 4 is 8.32 Å². The Bertz CT molecular complexity index is 162. The Balaban J connectivity index is 3.16. The topological polar surface area (TPSA) is 47.9 Å². The van der Waals surface area contributed by atoms with Crippen LogP contribution in [0.1, 0.15) is 13.3 Å². The summed E-state index contributed by atoms with van der Waals surface area (Å²) in [5.41, 5.74) is 0. The zero-order valence-corrected chi connectivity index (χ0v) is 12.0. The Labute approximate surface area is 100 Å². The highest BCUT2D eigenvalue weighted by Crippen LogP contribution is 2.11. The summed E-state index contributed by atoms with van der Waals surface area (Å²) in [6.45, 7) is 8.41. The van der Waals surface area contributed by atoms with Gasteiger partial charge in [0, 0.05) is 13.7 Å². The summed E-state index contributed by atoms with van der Waals surface area (Å²) in [7, 11) is 0.377. The SMILES string of the molecule is CO[Si](C)(C)CCCOCCOCC(C)O. The number of ether oxygens (including phenoxy) is 2. The van der Waals surface area contributed by atoms with E-state index in [0.717, 1.165) is 19.1 Å². The van der Waals surface area contributed by atoms with E-state index in [4.69, 9.17) is 19.0 Å². The van der Waals surface area contributed by atoms with Gasteiger partial charge in [-0.05, 0) is 32.5 Å². The summed E-state index contributed by atoms with van der Waals surface area (Å²) in [5, 5.41) is 8.93. The highest BCUT2D eigenvalue weighted by Gasteiger charge is 2.19. The minimum absolute atomic E-state index is 0.382. The van der Waals surface area contributed by atoms with Gasteiger partial charge in [-0.1, -0.05) is 0 Å². The summed E-state index contributed by atoms with van der Waals surface area (Å²) >= 11 is 0. The van der Waals surface area contributed by atoms with E-state index in [-0.39, 0.29) is 0 Å². The van der Waals surface area contributed by atoms with Gasteiger partial charge in [0.1, 0.15) is 0 Å². The molecule has 1 atom stereocenters. The molecule has 98 valence electrons. The van der Waals surface area contributed by atoms with Gasteiger partial charge >= 0.3 is 0 Å². The first-order valence-electron chi connectivity index (χ1n) is 5.86. The van der Waals surface area contributed by atoms with Crippen LogP contribution in [0.5, 0.6) is 0 Å². The lowest BCUT2D eigenvalue weighted by atomic mass is 10.4. The van der Waals surface area contributed by atoms with Crippen molar-refractivity contribution < 1.29 is 19.0 Å². The summed E-state index contributed by atoms with van der Waals surface area (Å²) in [6.07, 6.45) is 0.650. The molecule has 1 N–H and O–H groups in total. The molecule has 0 aromatic carbocycles. The predicted molar refractivity (Wildman–Crippen MR) is 67.2 cm³/mol. The van der Waals surface area contributed by atoms with Crippen molar-refractivity contribution in [3.05, 3.63) is 0 Å². The smallest absolute Gasteiger partial charge is 0.186 e. The van der Waals surface area contributed by atoms with Crippen LogP contribution in [-0.2, 0) is 13.9 Å². The molecule has 0 fully saturated rings. The lowest BCUT2D eigenvalue weighted by Crippen LogP contribution is -2.28. The summed E-state index contributed by atoms with van der Waals surface area (Å²) in [6, 6.07) is 1.12. The van der Waals surface area contributed by atoms with E-state index >= 15 is 0 Å². The number of aliphatic hydroxyl groups excluding tert-OH is 1. The molecule has 0 aliphatic carbocycles. The molecule has 0 aliphatic heterocycles. The van der Waals surface area contributed by atoms with E-state index < -0.39 is 14.4 Å². The zero-order valence-electron chi connectivity index (χ0n) is 11.0. The molecule has 0 saturated heterocycles. The number of hydrogen-bond donors (Lipinski definition) is 1. The maximum atomic E-state index is 8.93. The van der Waals surface area contributed by atoms with Crippen molar-refractivity contribution in [2.45, 2.75) is 38.6 Å². The molecule has 4 nitrogen and oxygen atoms in total. The molecule has 0 radical (unpaired) electrons. The van der Waals surface area contributed by atoms with E-state index in [1.165, 1.54) is 0 Å². The fraction of sp³-hybridized carbons (Fsp3) is 1.00. The molecule has 0 rings (SSSR count). The Morgan fingerprint density at radius 1 is 1.12 bits per heavy atom. The molecule has 0 amide bonds. The van der Waals surface area contributed by atoms with Gasteiger partial charge in [-0.15, -0.1) is 0 Å². The van der Waals surface area contributed by atoms with E-state index in [0.29, 0.717) is 19.8 Å². The first kappa shape index (κ1) is 16.1. The lowest BCUT2D eigenvalue weighted by Gasteiger charge is -2.19. The van der Waals surface area contributed by atoms with Gasteiger partial charge in [0.2, 0.25) is 0 Å². The molecule has 0 aliphatic rings. The average Bonchev–Trinajstić information content (AvgIpc) is 2.21. The maximum absolute atomic E-state index is 8.93. The van der Waals surface area contributed by atoms with Gasteiger partial charge in [0.15, 0.2) is 8.32 Å². The average molecular weight is 250 g/mol. The first-order chi connectivity index (χ1) is 7.48. The van der Waals surface area contributed by atoms with Gasteiger partial charge in [0.25, 0.3) is 0 Å². The van der Waals surface area contributed by atoms with E-state index in [1.807, 2.05) is 0 Å². The molecule has 0 aromatic heterocycles. The third-order valence-corrected chi connectivity index (χ3v) is 5.01. The van der Waals surface area contributed by atoms with Gasteiger partial charge in [-0.2, -0.15) is 0 Å². The molecular weight excluding hydrogens is 224 g/mol. The van der Waals surface area contributed by atoms with E-state index in [9.17, 15) is 0 Å². The molecule has 5 heteroatoms. The molecule has 0 saturated carbocycles. The van der Waals surface area contributed by atoms with Crippen molar-refractivity contribution in [2.24, 2.45) is 0 Å². The van der Waals surface area contributed by atoms with Crippen molar-refractivity contribution in [1.29, 1.82) is 0 Å². The highest BCUT2D eigenvalue weighted by atomic mass is 28.4. The molecule has 0 bridgehead atoms. The molecule has 0 spiro atoms. The standard InChI is InChI=1S/C11H26O4Si/c1-11(12)10-15-8-7-14-6-5-9-16(3,4)13-2/h11-12H,5-10H2,1-4H3. The Kier molecular flexibility index (Phi) is 9.16. The van der Waals surface area contributed by atoms with Crippen LogP contribution in [0.2, 0.25) is 19.1 Å². The van der Waals surface area contributed by atoms with Gasteiger partial charge in [0.05, 0.1) is 25.9 Å². The largest absolute Gasteiger partial charge is 0.420 e. The monoisotopic (exact) mass is 250 g/mol. The Hall–Kier alpha value is 0.0569.